The van der Waals surface area contributed by atoms with Gasteiger partial charge < -0.3 is 31.9 Å². The summed E-state index contributed by atoms with van der Waals surface area (Å²) in [6.07, 6.45) is -0.911. The van der Waals surface area contributed by atoms with Gasteiger partial charge in [-0.25, -0.2) is 0 Å². The molecule has 24 heavy (non-hydrogen) atoms. The minimum atomic E-state index is -0.956. The van der Waals surface area contributed by atoms with E-state index < -0.39 is 54.2 Å². The quantitative estimate of drug-likeness (QED) is 0.271. The minimum absolute atomic E-state index is 0.222. The Morgan fingerprint density at radius 2 is 1.83 bits per heavy atom. The predicted molar refractivity (Wildman–Crippen MR) is 85.2 cm³/mol. The number of rotatable bonds is 8. The van der Waals surface area contributed by atoms with E-state index in [1.807, 2.05) is 0 Å². The predicted octanol–water partition coefficient (Wildman–Crippen LogP) is -2.13. The Bertz CT molecular complexity index is 472. The molecule has 1 aliphatic carbocycles. The van der Waals surface area contributed by atoms with Crippen LogP contribution >= 0.6 is 0 Å². The van der Waals surface area contributed by atoms with Gasteiger partial charge in [-0.2, -0.15) is 0 Å². The highest BCUT2D eigenvalue weighted by Gasteiger charge is 2.44. The van der Waals surface area contributed by atoms with E-state index in [0.29, 0.717) is 0 Å². The topological polar surface area (TPSA) is 169 Å². The van der Waals surface area contributed by atoms with Crippen molar-refractivity contribution in [1.29, 1.82) is 0 Å². The number of nitrogens with two attached hydrogens (primary N) is 2. The number of carboxylic acid groups (broad SMARTS) is 1. The summed E-state index contributed by atoms with van der Waals surface area (Å²) >= 11 is 0. The first-order valence-corrected chi connectivity index (χ1v) is 7.76. The van der Waals surface area contributed by atoms with E-state index in [2.05, 4.69) is 16.0 Å². The molecule has 138 valence electrons. The van der Waals surface area contributed by atoms with Crippen LogP contribution in [0.1, 0.15) is 26.7 Å². The van der Waals surface area contributed by atoms with Crippen molar-refractivity contribution in [2.45, 2.75) is 51.3 Å². The maximum atomic E-state index is 12.5. The number of methoxy groups -OCH3 is 1. The van der Waals surface area contributed by atoms with Gasteiger partial charge in [0.2, 0.25) is 11.8 Å². The lowest BCUT2D eigenvalue weighted by Gasteiger charge is -2.30. The summed E-state index contributed by atoms with van der Waals surface area (Å²) in [6, 6.07) is -1.33. The maximum absolute atomic E-state index is 12.5. The van der Waals surface area contributed by atoms with Crippen LogP contribution in [0.15, 0.2) is 0 Å². The molecule has 0 bridgehead atoms. The van der Waals surface area contributed by atoms with Gasteiger partial charge in [0, 0.05) is 26.0 Å². The van der Waals surface area contributed by atoms with Crippen LogP contribution in [0.25, 0.3) is 0 Å². The van der Waals surface area contributed by atoms with E-state index in [0.717, 1.165) is 0 Å². The lowest BCUT2D eigenvalue weighted by molar-refractivity contribution is -0.141. The molecule has 5 atom stereocenters. The number of carbonyl (C=O) groups is 3. The lowest BCUT2D eigenvalue weighted by atomic mass is 9.92. The van der Waals surface area contributed by atoms with Crippen LogP contribution in [0.4, 0.5) is 0 Å². The zero-order valence-corrected chi connectivity index (χ0v) is 14.1. The van der Waals surface area contributed by atoms with E-state index in [1.165, 1.54) is 14.0 Å². The summed E-state index contributed by atoms with van der Waals surface area (Å²) < 4.78 is 4.99. The fraction of sp³-hybridized carbons (Fsp3) is 0.786. The highest BCUT2D eigenvalue weighted by Crippen LogP contribution is 2.34. The summed E-state index contributed by atoms with van der Waals surface area (Å²) in [6.45, 7) is 2.93. The van der Waals surface area contributed by atoms with Crippen molar-refractivity contribution in [3.8, 4) is 0 Å². The van der Waals surface area contributed by atoms with Crippen molar-refractivity contribution in [3.63, 3.8) is 0 Å². The molecule has 8 N–H and O–H groups in total. The molecule has 0 heterocycles. The zero-order valence-electron chi connectivity index (χ0n) is 14.1. The van der Waals surface area contributed by atoms with E-state index in [1.54, 1.807) is 6.92 Å². The molecule has 1 saturated carbocycles. The molecular formula is C14H27N5O5. The van der Waals surface area contributed by atoms with Crippen LogP contribution in [0, 0.1) is 11.8 Å². The summed E-state index contributed by atoms with van der Waals surface area (Å²) in [5.74, 6) is -2.91. The molecule has 0 aromatic heterocycles. The first-order valence-electron chi connectivity index (χ1n) is 7.76. The molecule has 1 aliphatic rings. The number of carbonyl (C=O) groups excluding carboxylic acids is 2. The first kappa shape index (κ1) is 20.3. The van der Waals surface area contributed by atoms with Crippen molar-refractivity contribution >= 4 is 17.8 Å². The molecule has 2 amide bonds. The van der Waals surface area contributed by atoms with Crippen molar-refractivity contribution in [1.82, 2.24) is 16.0 Å². The minimum Gasteiger partial charge on any atom is -0.481 e. The second-order valence-electron chi connectivity index (χ2n) is 6.03. The zero-order chi connectivity index (χ0) is 18.4. The van der Waals surface area contributed by atoms with Crippen LogP contribution in [0.5, 0.6) is 0 Å². The molecule has 0 aliphatic heterocycles. The molecule has 5 unspecified atom stereocenters. The van der Waals surface area contributed by atoms with Crippen LogP contribution in [-0.2, 0) is 19.1 Å². The molecule has 10 nitrogen and oxygen atoms in total. The van der Waals surface area contributed by atoms with Crippen molar-refractivity contribution < 1.29 is 24.2 Å². The Kier molecular flexibility index (Phi) is 7.55. The maximum Gasteiger partial charge on any atom is 0.306 e. The fourth-order valence-electron chi connectivity index (χ4n) is 3.01. The third-order valence-electron chi connectivity index (χ3n) is 4.14. The molecule has 0 saturated heterocycles. The van der Waals surface area contributed by atoms with Crippen LogP contribution in [-0.4, -0.2) is 54.6 Å². The monoisotopic (exact) mass is 345 g/mol. The first-order chi connectivity index (χ1) is 11.1. The molecule has 0 radical (unpaired) electrons. The van der Waals surface area contributed by atoms with Crippen LogP contribution < -0.4 is 27.4 Å². The summed E-state index contributed by atoms with van der Waals surface area (Å²) in [7, 11) is 1.44. The normalized spacial score (nSPS) is 26.0. The second-order valence-corrected chi connectivity index (χ2v) is 6.03. The number of carboxylic acids is 1. The lowest BCUT2D eigenvalue weighted by Crippen LogP contribution is -2.58. The van der Waals surface area contributed by atoms with Crippen LogP contribution in [0.3, 0.4) is 0 Å². The highest BCUT2D eigenvalue weighted by molar-refractivity contribution is 5.87. The fourth-order valence-corrected chi connectivity index (χ4v) is 3.01. The van der Waals surface area contributed by atoms with Crippen molar-refractivity contribution in [2.75, 3.05) is 7.11 Å². The molecule has 0 spiro atoms. The third-order valence-corrected chi connectivity index (χ3v) is 4.14. The average molecular weight is 345 g/mol. The van der Waals surface area contributed by atoms with Gasteiger partial charge in [-0.05, 0) is 19.8 Å². The van der Waals surface area contributed by atoms with Gasteiger partial charge in [-0.15, -0.1) is 0 Å². The van der Waals surface area contributed by atoms with E-state index >= 15 is 0 Å². The number of hydrogen-bond acceptors (Lipinski definition) is 7. The van der Waals surface area contributed by atoms with Gasteiger partial charge in [-0.3, -0.25) is 19.7 Å². The summed E-state index contributed by atoms with van der Waals surface area (Å²) in [5.41, 5.74) is 11.1. The molecule has 0 aromatic rings. The van der Waals surface area contributed by atoms with Gasteiger partial charge in [-0.1, -0.05) is 0 Å². The van der Waals surface area contributed by atoms with Gasteiger partial charge in [0.25, 0.3) is 0 Å². The Balaban J connectivity index is 3.00. The Hall–Kier alpha value is -1.75. The average Bonchev–Trinajstić information content (AvgIpc) is 2.87. The number of ether oxygens (including phenoxy) is 1. The van der Waals surface area contributed by atoms with Gasteiger partial charge in [0.05, 0.1) is 5.92 Å². The van der Waals surface area contributed by atoms with E-state index in [9.17, 15) is 19.5 Å². The van der Waals surface area contributed by atoms with Crippen LogP contribution in [0.2, 0.25) is 0 Å². The third kappa shape index (κ3) is 5.71. The second kappa shape index (κ2) is 8.92. The molecule has 1 fully saturated rings. The van der Waals surface area contributed by atoms with Crippen molar-refractivity contribution in [2.24, 2.45) is 23.3 Å². The largest absolute Gasteiger partial charge is 0.481 e. The Morgan fingerprint density at radius 3 is 2.29 bits per heavy atom. The Labute approximate surface area is 140 Å². The van der Waals surface area contributed by atoms with Crippen molar-refractivity contribution in [3.05, 3.63) is 0 Å². The standard InChI is InChI=1S/C14H27N5O5/c1-6(20)17-11(12(21)18-7(2)24-3)9-4-8(13(22)23)5-10(9)19-14(15)16/h7-11,14,19H,4-5,15-16H2,1-3H3,(H,17,20)(H,18,21)(H,22,23). The van der Waals surface area contributed by atoms with Gasteiger partial charge in [0.15, 0.2) is 0 Å². The van der Waals surface area contributed by atoms with E-state index in [-0.39, 0.29) is 12.8 Å². The van der Waals surface area contributed by atoms with Gasteiger partial charge in [0.1, 0.15) is 18.6 Å². The molecule has 10 heteroatoms. The molecule has 1 rings (SSSR count). The summed E-state index contributed by atoms with van der Waals surface area (Å²) in [4.78, 5) is 35.3. The molecular weight excluding hydrogens is 318 g/mol. The number of amides is 2. The SMILES string of the molecule is COC(C)NC(=O)C(NC(C)=O)C1CC(C(=O)O)CC1NC(N)N. The van der Waals surface area contributed by atoms with E-state index in [4.69, 9.17) is 16.2 Å². The van der Waals surface area contributed by atoms with Gasteiger partial charge >= 0.3 is 5.97 Å². The smallest absolute Gasteiger partial charge is 0.306 e. The Morgan fingerprint density at radius 1 is 1.21 bits per heavy atom. The number of hydrogen-bond donors (Lipinski definition) is 6. The highest BCUT2D eigenvalue weighted by atomic mass is 16.5. The summed E-state index contributed by atoms with van der Waals surface area (Å²) in [5, 5.41) is 17.4. The molecule has 0 aromatic carbocycles. The number of aliphatic carboxylic acids is 1. The number of nitrogens with one attached hydrogen (secondary N) is 3.